The molecule has 2 atom stereocenters. The maximum Gasteiger partial charge on any atom is 0.226 e. The van der Waals surface area contributed by atoms with E-state index in [1.807, 2.05) is 0 Å². The van der Waals surface area contributed by atoms with Crippen LogP contribution in [0.1, 0.15) is 38.4 Å². The van der Waals surface area contributed by atoms with Crippen molar-refractivity contribution < 1.29 is 9.63 Å². The predicted octanol–water partition coefficient (Wildman–Crippen LogP) is 1.22. The van der Waals surface area contributed by atoms with Crippen LogP contribution < -0.4 is 0 Å². The molecule has 1 N–H and O–H groups in total. The zero-order valence-electron chi connectivity index (χ0n) is 10.6. The summed E-state index contributed by atoms with van der Waals surface area (Å²) in [4.78, 5) is 6.60. The van der Waals surface area contributed by atoms with Gasteiger partial charge in [0.2, 0.25) is 5.89 Å². The van der Waals surface area contributed by atoms with Gasteiger partial charge in [0.1, 0.15) is 0 Å². The molecule has 0 radical (unpaired) electrons. The Kier molecular flexibility index (Phi) is 4.12. The standard InChI is InChI=1S/C12H21N3O2/c1-3-4-12-13-11(14-17-12)7-15-6-5-9(2)10(15)8-16/h9-10,16H,3-8H2,1-2H3. The quantitative estimate of drug-likeness (QED) is 0.837. The van der Waals surface area contributed by atoms with E-state index < -0.39 is 0 Å². The van der Waals surface area contributed by atoms with Gasteiger partial charge in [0.15, 0.2) is 5.82 Å². The first-order valence-corrected chi connectivity index (χ1v) is 6.41. The molecule has 0 amide bonds. The van der Waals surface area contributed by atoms with Gasteiger partial charge in [-0.15, -0.1) is 0 Å². The fourth-order valence-corrected chi connectivity index (χ4v) is 2.43. The summed E-state index contributed by atoms with van der Waals surface area (Å²) < 4.78 is 5.16. The van der Waals surface area contributed by atoms with E-state index in [2.05, 4.69) is 28.9 Å². The molecule has 1 fully saturated rings. The Labute approximate surface area is 102 Å². The van der Waals surface area contributed by atoms with Crippen LogP contribution in [0, 0.1) is 5.92 Å². The summed E-state index contributed by atoms with van der Waals surface area (Å²) in [6, 6.07) is 0.239. The zero-order valence-corrected chi connectivity index (χ0v) is 10.6. The average molecular weight is 239 g/mol. The highest BCUT2D eigenvalue weighted by molar-refractivity contribution is 4.91. The predicted molar refractivity (Wildman–Crippen MR) is 63.4 cm³/mol. The summed E-state index contributed by atoms with van der Waals surface area (Å²) in [5, 5.41) is 13.4. The lowest BCUT2D eigenvalue weighted by Gasteiger charge is -2.23. The third-order valence-electron chi connectivity index (χ3n) is 3.50. The van der Waals surface area contributed by atoms with Crippen LogP contribution in [-0.4, -0.2) is 39.3 Å². The number of hydrogen-bond acceptors (Lipinski definition) is 5. The Morgan fingerprint density at radius 2 is 2.35 bits per heavy atom. The Bertz CT molecular complexity index is 353. The molecule has 1 saturated heterocycles. The van der Waals surface area contributed by atoms with Crippen molar-refractivity contribution in [3.05, 3.63) is 11.7 Å². The van der Waals surface area contributed by atoms with E-state index >= 15 is 0 Å². The summed E-state index contributed by atoms with van der Waals surface area (Å²) in [7, 11) is 0. The lowest BCUT2D eigenvalue weighted by Crippen LogP contribution is -2.34. The molecule has 2 unspecified atom stereocenters. The van der Waals surface area contributed by atoms with Gasteiger partial charge in [-0.3, -0.25) is 4.90 Å². The molecule has 0 aromatic carbocycles. The molecular formula is C12H21N3O2. The number of aliphatic hydroxyl groups is 1. The SMILES string of the molecule is CCCc1nc(CN2CCC(C)C2CO)no1. The first-order chi connectivity index (χ1) is 8.24. The number of aryl methyl sites for hydroxylation is 1. The van der Waals surface area contributed by atoms with Gasteiger partial charge < -0.3 is 9.63 Å². The third-order valence-corrected chi connectivity index (χ3v) is 3.50. The van der Waals surface area contributed by atoms with Crippen LogP contribution in [0.3, 0.4) is 0 Å². The second-order valence-electron chi connectivity index (χ2n) is 4.84. The number of aliphatic hydroxyl groups excluding tert-OH is 1. The van der Waals surface area contributed by atoms with Gasteiger partial charge in [0.25, 0.3) is 0 Å². The molecule has 2 heterocycles. The van der Waals surface area contributed by atoms with Crippen LogP contribution in [0.2, 0.25) is 0 Å². The molecule has 0 aliphatic carbocycles. The number of rotatable bonds is 5. The van der Waals surface area contributed by atoms with Gasteiger partial charge in [-0.1, -0.05) is 19.0 Å². The van der Waals surface area contributed by atoms with Crippen molar-refractivity contribution in [2.75, 3.05) is 13.2 Å². The normalized spacial score (nSPS) is 25.6. The molecule has 5 nitrogen and oxygen atoms in total. The summed E-state index contributed by atoms with van der Waals surface area (Å²) in [6.07, 6.45) is 2.99. The summed E-state index contributed by atoms with van der Waals surface area (Å²) in [5.41, 5.74) is 0. The lowest BCUT2D eigenvalue weighted by molar-refractivity contribution is 0.131. The fourth-order valence-electron chi connectivity index (χ4n) is 2.43. The molecule has 5 heteroatoms. The van der Waals surface area contributed by atoms with E-state index in [0.717, 1.165) is 37.5 Å². The number of nitrogens with zero attached hydrogens (tertiary/aromatic N) is 3. The minimum atomic E-state index is 0.209. The third kappa shape index (κ3) is 2.84. The molecule has 2 rings (SSSR count). The highest BCUT2D eigenvalue weighted by atomic mass is 16.5. The van der Waals surface area contributed by atoms with Crippen molar-refractivity contribution >= 4 is 0 Å². The Hall–Kier alpha value is -0.940. The molecule has 0 spiro atoms. The van der Waals surface area contributed by atoms with Crippen molar-refractivity contribution in [3.8, 4) is 0 Å². The van der Waals surface area contributed by atoms with Gasteiger partial charge in [-0.2, -0.15) is 4.98 Å². The average Bonchev–Trinajstić information content (AvgIpc) is 2.88. The molecule has 17 heavy (non-hydrogen) atoms. The molecule has 1 aliphatic rings. The van der Waals surface area contributed by atoms with Crippen LogP contribution in [0.5, 0.6) is 0 Å². The smallest absolute Gasteiger partial charge is 0.226 e. The number of hydrogen-bond donors (Lipinski definition) is 1. The van der Waals surface area contributed by atoms with Crippen molar-refractivity contribution in [3.63, 3.8) is 0 Å². The maximum atomic E-state index is 9.37. The summed E-state index contributed by atoms with van der Waals surface area (Å²) in [6.45, 7) is 6.17. The monoisotopic (exact) mass is 239 g/mol. The minimum Gasteiger partial charge on any atom is -0.395 e. The Morgan fingerprint density at radius 3 is 3.06 bits per heavy atom. The van der Waals surface area contributed by atoms with Crippen LogP contribution in [0.25, 0.3) is 0 Å². The molecule has 1 aliphatic heterocycles. The molecular weight excluding hydrogens is 218 g/mol. The highest BCUT2D eigenvalue weighted by Crippen LogP contribution is 2.24. The van der Waals surface area contributed by atoms with E-state index in [1.54, 1.807) is 0 Å². The van der Waals surface area contributed by atoms with E-state index in [-0.39, 0.29) is 12.6 Å². The number of aromatic nitrogens is 2. The van der Waals surface area contributed by atoms with Crippen molar-refractivity contribution in [2.24, 2.45) is 5.92 Å². The van der Waals surface area contributed by atoms with E-state index in [9.17, 15) is 5.11 Å². The second kappa shape index (κ2) is 5.60. The second-order valence-corrected chi connectivity index (χ2v) is 4.84. The minimum absolute atomic E-state index is 0.209. The number of likely N-dealkylation sites (tertiary alicyclic amines) is 1. The molecule has 1 aromatic rings. The zero-order chi connectivity index (χ0) is 12.3. The van der Waals surface area contributed by atoms with Crippen LogP contribution >= 0.6 is 0 Å². The molecule has 1 aromatic heterocycles. The lowest BCUT2D eigenvalue weighted by atomic mass is 10.0. The van der Waals surface area contributed by atoms with Crippen LogP contribution in [0.15, 0.2) is 4.52 Å². The van der Waals surface area contributed by atoms with Crippen molar-refractivity contribution in [2.45, 2.75) is 45.7 Å². The van der Waals surface area contributed by atoms with E-state index in [4.69, 9.17) is 4.52 Å². The van der Waals surface area contributed by atoms with Gasteiger partial charge in [0.05, 0.1) is 13.2 Å². The Balaban J connectivity index is 1.95. The van der Waals surface area contributed by atoms with Gasteiger partial charge in [-0.05, 0) is 25.3 Å². The van der Waals surface area contributed by atoms with Gasteiger partial charge in [0, 0.05) is 12.5 Å². The Morgan fingerprint density at radius 1 is 1.53 bits per heavy atom. The van der Waals surface area contributed by atoms with Crippen molar-refractivity contribution in [1.82, 2.24) is 15.0 Å². The van der Waals surface area contributed by atoms with Gasteiger partial charge in [-0.25, -0.2) is 0 Å². The van der Waals surface area contributed by atoms with Crippen molar-refractivity contribution in [1.29, 1.82) is 0 Å². The van der Waals surface area contributed by atoms with Crippen LogP contribution in [0.4, 0.5) is 0 Å². The molecule has 0 bridgehead atoms. The van der Waals surface area contributed by atoms with E-state index in [1.165, 1.54) is 0 Å². The molecule has 0 saturated carbocycles. The largest absolute Gasteiger partial charge is 0.395 e. The fraction of sp³-hybridized carbons (Fsp3) is 0.833. The first-order valence-electron chi connectivity index (χ1n) is 6.41. The topological polar surface area (TPSA) is 62.4 Å². The highest BCUT2D eigenvalue weighted by Gasteiger charge is 2.31. The summed E-state index contributed by atoms with van der Waals surface area (Å²) in [5.74, 6) is 2.00. The van der Waals surface area contributed by atoms with Gasteiger partial charge >= 0.3 is 0 Å². The summed E-state index contributed by atoms with van der Waals surface area (Å²) >= 11 is 0. The van der Waals surface area contributed by atoms with E-state index in [0.29, 0.717) is 12.5 Å². The maximum absolute atomic E-state index is 9.37. The molecule has 96 valence electrons. The first kappa shape index (κ1) is 12.5. The van der Waals surface area contributed by atoms with Crippen LogP contribution in [-0.2, 0) is 13.0 Å².